The van der Waals surface area contributed by atoms with Gasteiger partial charge >= 0.3 is 5.97 Å². The number of benzene rings is 1. The molecule has 20 heavy (non-hydrogen) atoms. The number of hydrogen-bond donors (Lipinski definition) is 1. The molecule has 110 valence electrons. The largest absolute Gasteiger partial charge is 0.493 e. The molecule has 0 amide bonds. The number of rotatable bonds is 7. The Morgan fingerprint density at radius 1 is 1.30 bits per heavy atom. The Bertz CT molecular complexity index is 501. The SMILES string of the molecule is CCCOc1c(C)cc(C)cc1/C(=C/CC(=O)O)CC. The number of hydrogen-bond acceptors (Lipinski definition) is 2. The van der Waals surface area contributed by atoms with Crippen molar-refractivity contribution in [2.45, 2.75) is 47.0 Å². The van der Waals surface area contributed by atoms with Gasteiger partial charge in [-0.25, -0.2) is 0 Å². The van der Waals surface area contributed by atoms with Crippen molar-refractivity contribution in [1.29, 1.82) is 0 Å². The van der Waals surface area contributed by atoms with Gasteiger partial charge in [0.2, 0.25) is 0 Å². The van der Waals surface area contributed by atoms with E-state index in [0.29, 0.717) is 6.61 Å². The van der Waals surface area contributed by atoms with Crippen LogP contribution in [0.3, 0.4) is 0 Å². The van der Waals surface area contributed by atoms with Crippen molar-refractivity contribution in [2.75, 3.05) is 6.61 Å². The maximum Gasteiger partial charge on any atom is 0.307 e. The molecule has 0 atom stereocenters. The Kier molecular flexibility index (Phi) is 6.29. The Morgan fingerprint density at radius 2 is 2.00 bits per heavy atom. The van der Waals surface area contributed by atoms with Gasteiger partial charge in [-0.05, 0) is 49.5 Å². The van der Waals surface area contributed by atoms with E-state index >= 15 is 0 Å². The summed E-state index contributed by atoms with van der Waals surface area (Å²) in [4.78, 5) is 10.8. The molecule has 0 aliphatic carbocycles. The Balaban J connectivity index is 3.24. The van der Waals surface area contributed by atoms with Gasteiger partial charge in [0.1, 0.15) is 5.75 Å². The lowest BCUT2D eigenvalue weighted by Crippen LogP contribution is -2.02. The van der Waals surface area contributed by atoms with Crippen molar-refractivity contribution in [2.24, 2.45) is 0 Å². The fourth-order valence-electron chi connectivity index (χ4n) is 2.24. The normalized spacial score (nSPS) is 11.5. The number of allylic oxidation sites excluding steroid dienone is 1. The summed E-state index contributed by atoms with van der Waals surface area (Å²) < 4.78 is 5.87. The molecule has 0 aliphatic rings. The van der Waals surface area contributed by atoms with E-state index in [1.165, 1.54) is 0 Å². The lowest BCUT2D eigenvalue weighted by molar-refractivity contribution is -0.135. The first-order chi connectivity index (χ1) is 9.49. The molecule has 0 aliphatic heterocycles. The van der Waals surface area contributed by atoms with Crippen LogP contribution in [0.5, 0.6) is 5.75 Å². The number of carbonyl (C=O) groups is 1. The van der Waals surface area contributed by atoms with E-state index in [2.05, 4.69) is 19.1 Å². The van der Waals surface area contributed by atoms with E-state index in [0.717, 1.165) is 40.9 Å². The van der Waals surface area contributed by atoms with Gasteiger partial charge in [0.05, 0.1) is 13.0 Å². The molecule has 0 saturated heterocycles. The van der Waals surface area contributed by atoms with Gasteiger partial charge in [0.15, 0.2) is 0 Å². The highest BCUT2D eigenvalue weighted by Gasteiger charge is 2.12. The smallest absolute Gasteiger partial charge is 0.307 e. The Labute approximate surface area is 121 Å². The standard InChI is InChI=1S/C17H24O3/c1-5-9-20-17-13(4)10-12(3)11-15(17)14(6-2)7-8-16(18)19/h7,10-11H,5-6,8-9H2,1-4H3,(H,18,19)/b14-7+. The fraction of sp³-hybridized carbons (Fsp3) is 0.471. The van der Waals surface area contributed by atoms with Gasteiger partial charge in [-0.3, -0.25) is 4.79 Å². The maximum atomic E-state index is 10.8. The van der Waals surface area contributed by atoms with Crippen LogP contribution in [0.4, 0.5) is 0 Å². The molecule has 0 unspecified atom stereocenters. The van der Waals surface area contributed by atoms with E-state index < -0.39 is 5.97 Å². The van der Waals surface area contributed by atoms with Crippen molar-refractivity contribution in [1.82, 2.24) is 0 Å². The van der Waals surface area contributed by atoms with Crippen molar-refractivity contribution in [3.05, 3.63) is 34.9 Å². The third-order valence-corrected chi connectivity index (χ3v) is 3.12. The second kappa shape index (κ2) is 7.73. The van der Waals surface area contributed by atoms with Crippen molar-refractivity contribution >= 4 is 11.5 Å². The zero-order chi connectivity index (χ0) is 15.1. The van der Waals surface area contributed by atoms with Crippen LogP contribution in [0.25, 0.3) is 5.57 Å². The predicted octanol–water partition coefficient (Wildman–Crippen LogP) is 4.36. The minimum atomic E-state index is -0.809. The second-order valence-corrected chi connectivity index (χ2v) is 4.99. The molecule has 1 N–H and O–H groups in total. The zero-order valence-corrected chi connectivity index (χ0v) is 12.8. The highest BCUT2D eigenvalue weighted by Crippen LogP contribution is 2.33. The average Bonchev–Trinajstić information content (AvgIpc) is 2.38. The molecule has 0 spiro atoms. The molecule has 0 bridgehead atoms. The topological polar surface area (TPSA) is 46.5 Å². The Hall–Kier alpha value is -1.77. The number of aliphatic carboxylic acids is 1. The van der Waals surface area contributed by atoms with E-state index in [-0.39, 0.29) is 6.42 Å². The molecule has 0 saturated carbocycles. The van der Waals surface area contributed by atoms with Gasteiger partial charge in [-0.2, -0.15) is 0 Å². The molecular formula is C17H24O3. The first-order valence-electron chi connectivity index (χ1n) is 7.14. The van der Waals surface area contributed by atoms with E-state index in [9.17, 15) is 4.79 Å². The molecule has 0 radical (unpaired) electrons. The summed E-state index contributed by atoms with van der Waals surface area (Å²) in [5.74, 6) is 0.0762. The predicted molar refractivity (Wildman–Crippen MR) is 82.2 cm³/mol. The van der Waals surface area contributed by atoms with Crippen LogP contribution in [-0.2, 0) is 4.79 Å². The summed E-state index contributed by atoms with van der Waals surface area (Å²) in [6.07, 6.45) is 3.57. The van der Waals surface area contributed by atoms with Gasteiger partial charge in [0, 0.05) is 5.56 Å². The summed E-state index contributed by atoms with van der Waals surface area (Å²) in [5.41, 5.74) is 4.32. The van der Waals surface area contributed by atoms with Crippen LogP contribution in [0.15, 0.2) is 18.2 Å². The summed E-state index contributed by atoms with van der Waals surface area (Å²) in [5, 5.41) is 8.85. The lowest BCUT2D eigenvalue weighted by Gasteiger charge is -2.16. The quantitative estimate of drug-likeness (QED) is 0.804. The zero-order valence-electron chi connectivity index (χ0n) is 12.8. The number of ether oxygens (including phenoxy) is 1. The lowest BCUT2D eigenvalue weighted by atomic mass is 9.96. The molecular weight excluding hydrogens is 252 g/mol. The molecule has 0 fully saturated rings. The van der Waals surface area contributed by atoms with E-state index in [1.54, 1.807) is 6.08 Å². The van der Waals surface area contributed by atoms with Crippen LogP contribution < -0.4 is 4.74 Å². The third-order valence-electron chi connectivity index (χ3n) is 3.12. The highest BCUT2D eigenvalue weighted by atomic mass is 16.5. The Morgan fingerprint density at radius 3 is 2.55 bits per heavy atom. The van der Waals surface area contributed by atoms with E-state index in [4.69, 9.17) is 9.84 Å². The van der Waals surface area contributed by atoms with Gasteiger partial charge < -0.3 is 9.84 Å². The number of carboxylic acid groups (broad SMARTS) is 1. The summed E-state index contributed by atoms with van der Waals surface area (Å²) in [7, 11) is 0. The highest BCUT2D eigenvalue weighted by molar-refractivity contribution is 5.77. The molecule has 1 aromatic carbocycles. The van der Waals surface area contributed by atoms with Crippen molar-refractivity contribution in [3.8, 4) is 5.75 Å². The van der Waals surface area contributed by atoms with Gasteiger partial charge in [-0.15, -0.1) is 0 Å². The van der Waals surface area contributed by atoms with Gasteiger partial charge in [-0.1, -0.05) is 26.0 Å². The first-order valence-corrected chi connectivity index (χ1v) is 7.14. The molecule has 1 aromatic rings. The maximum absolute atomic E-state index is 10.8. The van der Waals surface area contributed by atoms with Crippen LogP contribution >= 0.6 is 0 Å². The fourth-order valence-corrected chi connectivity index (χ4v) is 2.24. The molecule has 3 nitrogen and oxygen atoms in total. The monoisotopic (exact) mass is 276 g/mol. The van der Waals surface area contributed by atoms with Crippen LogP contribution in [0, 0.1) is 13.8 Å². The van der Waals surface area contributed by atoms with Crippen LogP contribution in [0.2, 0.25) is 0 Å². The van der Waals surface area contributed by atoms with Crippen LogP contribution in [0.1, 0.15) is 49.8 Å². The second-order valence-electron chi connectivity index (χ2n) is 4.99. The van der Waals surface area contributed by atoms with E-state index in [1.807, 2.05) is 20.8 Å². The average molecular weight is 276 g/mol. The molecule has 1 rings (SSSR count). The first kappa shape index (κ1) is 16.3. The van der Waals surface area contributed by atoms with Crippen molar-refractivity contribution < 1.29 is 14.6 Å². The summed E-state index contributed by atoms with van der Waals surface area (Å²) >= 11 is 0. The number of aryl methyl sites for hydroxylation is 2. The van der Waals surface area contributed by atoms with Crippen LogP contribution in [-0.4, -0.2) is 17.7 Å². The molecule has 0 aromatic heterocycles. The summed E-state index contributed by atoms with van der Waals surface area (Å²) in [6, 6.07) is 4.17. The van der Waals surface area contributed by atoms with Gasteiger partial charge in [0.25, 0.3) is 0 Å². The third kappa shape index (κ3) is 4.41. The minimum Gasteiger partial charge on any atom is -0.493 e. The summed E-state index contributed by atoms with van der Waals surface area (Å²) in [6.45, 7) is 8.86. The molecule has 0 heterocycles. The van der Waals surface area contributed by atoms with Crippen molar-refractivity contribution in [3.63, 3.8) is 0 Å². The molecule has 3 heteroatoms. The minimum absolute atomic E-state index is 0.0450. The number of carboxylic acids is 1.